The minimum atomic E-state index is -0.810. The molecule has 0 spiro atoms. The highest BCUT2D eigenvalue weighted by molar-refractivity contribution is 7.99. The number of aryl methyl sites for hydroxylation is 1. The largest absolute Gasteiger partial charge is 0.481 e. The summed E-state index contributed by atoms with van der Waals surface area (Å²) >= 11 is 1.30. The average molecular weight is 284 g/mol. The van der Waals surface area contributed by atoms with Crippen LogP contribution < -0.4 is 0 Å². The highest BCUT2D eigenvalue weighted by Crippen LogP contribution is 2.34. The van der Waals surface area contributed by atoms with Gasteiger partial charge in [0, 0.05) is 30.6 Å². The number of imidazole rings is 1. The third-order valence-electron chi connectivity index (χ3n) is 3.60. The zero-order chi connectivity index (χ0) is 13.9. The number of hydrogen-bond donors (Lipinski definition) is 1. The van der Waals surface area contributed by atoms with Crippen molar-refractivity contribution in [3.05, 3.63) is 11.9 Å². The topological polar surface area (TPSA) is 64.3 Å². The summed E-state index contributed by atoms with van der Waals surface area (Å²) < 4.78 is 7.67. The van der Waals surface area contributed by atoms with Crippen LogP contribution in [0.25, 0.3) is 0 Å². The van der Waals surface area contributed by atoms with Crippen LogP contribution in [0.15, 0.2) is 11.4 Å². The van der Waals surface area contributed by atoms with E-state index in [4.69, 9.17) is 9.84 Å². The molecule has 0 saturated carbocycles. The fourth-order valence-corrected chi connectivity index (χ4v) is 3.30. The van der Waals surface area contributed by atoms with E-state index in [0.29, 0.717) is 0 Å². The summed E-state index contributed by atoms with van der Waals surface area (Å²) in [5.41, 5.74) is 1.15. The molecule has 0 amide bonds. The van der Waals surface area contributed by atoms with Crippen LogP contribution in [0.4, 0.5) is 0 Å². The maximum absolute atomic E-state index is 10.7. The van der Waals surface area contributed by atoms with Crippen LogP contribution in [-0.4, -0.2) is 39.6 Å². The number of thioether (sulfide) groups is 1. The van der Waals surface area contributed by atoms with Crippen molar-refractivity contribution in [1.29, 1.82) is 0 Å². The number of carbonyl (C=O) groups is 1. The Labute approximate surface area is 117 Å². The first kappa shape index (κ1) is 14.4. The number of carboxylic acid groups (broad SMARTS) is 1. The molecule has 6 heteroatoms. The number of rotatable bonds is 5. The van der Waals surface area contributed by atoms with Crippen molar-refractivity contribution in [1.82, 2.24) is 9.55 Å². The van der Waals surface area contributed by atoms with Crippen LogP contribution in [-0.2, 0) is 21.5 Å². The molecule has 1 aromatic heterocycles. The Hall–Kier alpha value is -1.01. The van der Waals surface area contributed by atoms with Gasteiger partial charge in [-0.05, 0) is 26.2 Å². The molecular weight excluding hydrogens is 264 g/mol. The van der Waals surface area contributed by atoms with E-state index >= 15 is 0 Å². The molecule has 1 aliphatic heterocycles. The van der Waals surface area contributed by atoms with Gasteiger partial charge < -0.3 is 14.4 Å². The summed E-state index contributed by atoms with van der Waals surface area (Å²) in [5, 5.41) is 9.64. The molecule has 0 unspecified atom stereocenters. The molecule has 19 heavy (non-hydrogen) atoms. The van der Waals surface area contributed by atoms with Crippen LogP contribution in [0.2, 0.25) is 0 Å². The third-order valence-corrected chi connectivity index (χ3v) is 4.54. The van der Waals surface area contributed by atoms with Gasteiger partial charge in [0.05, 0.1) is 5.75 Å². The molecular formula is C13H20N2O3S. The first-order chi connectivity index (χ1) is 9.07. The molecule has 106 valence electrons. The van der Waals surface area contributed by atoms with E-state index in [-0.39, 0.29) is 11.3 Å². The monoisotopic (exact) mass is 284 g/mol. The second-order valence-corrected chi connectivity index (χ2v) is 5.96. The van der Waals surface area contributed by atoms with Crippen LogP contribution in [0.3, 0.4) is 0 Å². The van der Waals surface area contributed by atoms with Gasteiger partial charge in [-0.1, -0.05) is 18.7 Å². The SMILES string of the molecule is CCc1cnc(SCC(=O)O)n1C1(C)CCOCC1. The fourth-order valence-electron chi connectivity index (χ4n) is 2.46. The van der Waals surface area contributed by atoms with E-state index in [1.165, 1.54) is 11.8 Å². The van der Waals surface area contributed by atoms with Gasteiger partial charge in [-0.3, -0.25) is 4.79 Å². The maximum atomic E-state index is 10.7. The van der Waals surface area contributed by atoms with Gasteiger partial charge in [0.2, 0.25) is 0 Å². The number of ether oxygens (including phenoxy) is 1. The summed E-state index contributed by atoms with van der Waals surface area (Å²) in [7, 11) is 0. The molecule has 1 saturated heterocycles. The summed E-state index contributed by atoms with van der Waals surface area (Å²) in [4.78, 5) is 15.1. The van der Waals surface area contributed by atoms with Crippen molar-refractivity contribution in [3.8, 4) is 0 Å². The highest BCUT2D eigenvalue weighted by atomic mass is 32.2. The van der Waals surface area contributed by atoms with Crippen molar-refractivity contribution in [2.75, 3.05) is 19.0 Å². The molecule has 0 radical (unpaired) electrons. The second kappa shape index (κ2) is 5.96. The Morgan fingerprint density at radius 1 is 1.58 bits per heavy atom. The van der Waals surface area contributed by atoms with Crippen molar-refractivity contribution in [2.24, 2.45) is 0 Å². The molecule has 5 nitrogen and oxygen atoms in total. The van der Waals surface area contributed by atoms with E-state index in [2.05, 4.69) is 23.4 Å². The summed E-state index contributed by atoms with van der Waals surface area (Å²) in [5.74, 6) is -0.762. The van der Waals surface area contributed by atoms with Gasteiger partial charge in [-0.15, -0.1) is 0 Å². The van der Waals surface area contributed by atoms with Crippen LogP contribution >= 0.6 is 11.8 Å². The number of hydrogen-bond acceptors (Lipinski definition) is 4. The molecule has 1 N–H and O–H groups in total. The number of carboxylic acids is 1. The van der Waals surface area contributed by atoms with Gasteiger partial charge in [0.1, 0.15) is 0 Å². The van der Waals surface area contributed by atoms with Crippen molar-refractivity contribution >= 4 is 17.7 Å². The van der Waals surface area contributed by atoms with E-state index in [1.807, 2.05) is 6.20 Å². The van der Waals surface area contributed by atoms with Gasteiger partial charge >= 0.3 is 5.97 Å². The number of aliphatic carboxylic acids is 1. The lowest BCUT2D eigenvalue weighted by atomic mass is 9.92. The van der Waals surface area contributed by atoms with Gasteiger partial charge in [-0.25, -0.2) is 4.98 Å². The van der Waals surface area contributed by atoms with Crippen molar-refractivity contribution in [3.63, 3.8) is 0 Å². The fraction of sp³-hybridized carbons (Fsp3) is 0.692. The second-order valence-electron chi connectivity index (χ2n) is 5.01. The number of nitrogens with zero attached hydrogens (tertiary/aromatic N) is 2. The first-order valence-electron chi connectivity index (χ1n) is 6.56. The normalized spacial score (nSPS) is 18.4. The Kier molecular flexibility index (Phi) is 4.52. The minimum Gasteiger partial charge on any atom is -0.481 e. The average Bonchev–Trinajstić information content (AvgIpc) is 2.81. The quantitative estimate of drug-likeness (QED) is 0.839. The summed E-state index contributed by atoms with van der Waals surface area (Å²) in [6.07, 6.45) is 4.65. The van der Waals surface area contributed by atoms with Crippen molar-refractivity contribution < 1.29 is 14.6 Å². The molecule has 2 rings (SSSR count). The van der Waals surface area contributed by atoms with Crippen LogP contribution in [0, 0.1) is 0 Å². The molecule has 0 bridgehead atoms. The Morgan fingerprint density at radius 3 is 2.84 bits per heavy atom. The zero-order valence-electron chi connectivity index (χ0n) is 11.4. The first-order valence-corrected chi connectivity index (χ1v) is 7.55. The predicted molar refractivity (Wildman–Crippen MR) is 73.7 cm³/mol. The van der Waals surface area contributed by atoms with E-state index in [1.54, 1.807) is 0 Å². The molecule has 1 aliphatic rings. The minimum absolute atomic E-state index is 0.0130. The van der Waals surface area contributed by atoms with Crippen molar-refractivity contribution in [2.45, 2.75) is 43.8 Å². The van der Waals surface area contributed by atoms with E-state index in [9.17, 15) is 4.79 Å². The lowest BCUT2D eigenvalue weighted by Gasteiger charge is -2.37. The van der Waals surface area contributed by atoms with E-state index < -0.39 is 5.97 Å². The van der Waals surface area contributed by atoms with Crippen LogP contribution in [0.1, 0.15) is 32.4 Å². The highest BCUT2D eigenvalue weighted by Gasteiger charge is 2.33. The Bertz CT molecular complexity index is 453. The molecule has 0 aromatic carbocycles. The Morgan fingerprint density at radius 2 is 2.26 bits per heavy atom. The van der Waals surface area contributed by atoms with Gasteiger partial charge in [0.15, 0.2) is 5.16 Å². The standard InChI is InChI=1S/C13H20N2O3S/c1-3-10-8-14-12(19-9-11(16)17)15(10)13(2)4-6-18-7-5-13/h8H,3-7,9H2,1-2H3,(H,16,17). The Balaban J connectivity index is 2.29. The summed E-state index contributed by atoms with van der Waals surface area (Å²) in [6.45, 7) is 5.81. The third kappa shape index (κ3) is 3.12. The lowest BCUT2D eigenvalue weighted by molar-refractivity contribution is -0.133. The summed E-state index contributed by atoms with van der Waals surface area (Å²) in [6, 6.07) is 0. The zero-order valence-corrected chi connectivity index (χ0v) is 12.2. The smallest absolute Gasteiger partial charge is 0.313 e. The lowest BCUT2D eigenvalue weighted by Crippen LogP contribution is -2.38. The number of aromatic nitrogens is 2. The maximum Gasteiger partial charge on any atom is 0.313 e. The predicted octanol–water partition coefficient (Wildman–Crippen LogP) is 2.15. The van der Waals surface area contributed by atoms with Gasteiger partial charge in [-0.2, -0.15) is 0 Å². The molecule has 1 fully saturated rings. The molecule has 0 atom stereocenters. The van der Waals surface area contributed by atoms with Gasteiger partial charge in [0.25, 0.3) is 0 Å². The molecule has 0 aliphatic carbocycles. The molecule has 2 heterocycles. The van der Waals surface area contributed by atoms with Crippen LogP contribution in [0.5, 0.6) is 0 Å². The van der Waals surface area contributed by atoms with E-state index in [0.717, 1.165) is 43.3 Å². The molecule has 1 aromatic rings.